The Labute approximate surface area is 185 Å². The Morgan fingerprint density at radius 3 is 2.34 bits per heavy atom. The Balaban J connectivity index is 2.82. The van der Waals surface area contributed by atoms with Crippen molar-refractivity contribution in [3.8, 4) is 0 Å². The highest BCUT2D eigenvalue weighted by Gasteiger charge is 2.38. The number of hydrogen-bond acceptors (Lipinski definition) is 7. The third kappa shape index (κ3) is 8.75. The number of nitrogens with one attached hydrogen (secondary N) is 4. The predicted molar refractivity (Wildman–Crippen MR) is 113 cm³/mol. The summed E-state index contributed by atoms with van der Waals surface area (Å²) in [6, 6.07) is -3.18. The quantitative estimate of drug-likeness (QED) is 0.0777. The Kier molecular flexibility index (Phi) is 10.9. The summed E-state index contributed by atoms with van der Waals surface area (Å²) in [5.74, 6) is -3.91. The van der Waals surface area contributed by atoms with Gasteiger partial charge < -0.3 is 43.2 Å². The molecule has 0 aromatic carbocycles. The minimum absolute atomic E-state index is 0.0500. The van der Waals surface area contributed by atoms with E-state index in [1.807, 2.05) is 0 Å². The first-order chi connectivity index (χ1) is 15.1. The van der Waals surface area contributed by atoms with Crippen molar-refractivity contribution in [3.05, 3.63) is 0 Å². The minimum Gasteiger partial charge on any atom is -0.480 e. The van der Waals surface area contributed by atoms with Gasteiger partial charge in [0.1, 0.15) is 18.1 Å². The largest absolute Gasteiger partial charge is 0.480 e. The van der Waals surface area contributed by atoms with Crippen LogP contribution in [0.15, 0.2) is 0 Å². The van der Waals surface area contributed by atoms with Crippen LogP contribution < -0.4 is 33.2 Å². The smallest absolute Gasteiger partial charge is 0.326 e. The highest BCUT2D eigenvalue weighted by molar-refractivity contribution is 5.94. The zero-order valence-corrected chi connectivity index (χ0v) is 17.8. The zero-order chi connectivity index (χ0) is 24.3. The highest BCUT2D eigenvalue weighted by atomic mass is 16.4. The first-order valence-electron chi connectivity index (χ1n) is 10.3. The first-order valence-corrected chi connectivity index (χ1v) is 10.3. The van der Waals surface area contributed by atoms with Gasteiger partial charge in [-0.1, -0.05) is 0 Å². The van der Waals surface area contributed by atoms with Crippen LogP contribution in [0.2, 0.25) is 0 Å². The number of carboxylic acid groups (broad SMARTS) is 1. The van der Waals surface area contributed by atoms with Crippen molar-refractivity contribution in [1.29, 1.82) is 5.41 Å². The molecule has 1 heterocycles. The molecule has 14 heteroatoms. The maximum Gasteiger partial charge on any atom is 0.326 e. The molecule has 1 aliphatic heterocycles. The van der Waals surface area contributed by atoms with E-state index in [0.29, 0.717) is 19.3 Å². The number of amides is 4. The second kappa shape index (κ2) is 13.1. The standard InChI is InChI=1S/C18H32N8O6/c19-9-14(28)24-10(5-6-13(20)27)16(30)26-8-2-4-12(26)15(29)25-11(17(31)32)3-1-7-23-18(21)22/h10-12H,1-9,19H2,(H2,20,27)(H,24,28)(H,25,29)(H,31,32)(H4,21,22,23). The lowest BCUT2D eigenvalue weighted by molar-refractivity contribution is -0.145. The van der Waals surface area contributed by atoms with Gasteiger partial charge in [0, 0.05) is 19.5 Å². The Hall–Kier alpha value is -3.42. The third-order valence-corrected chi connectivity index (χ3v) is 4.94. The van der Waals surface area contributed by atoms with E-state index < -0.39 is 47.7 Å². The molecule has 0 aromatic rings. The number of nitrogens with two attached hydrogens (primary N) is 3. The molecular weight excluding hydrogens is 424 g/mol. The maximum absolute atomic E-state index is 13.0. The molecule has 0 bridgehead atoms. The van der Waals surface area contributed by atoms with Gasteiger partial charge in [-0.2, -0.15) is 0 Å². The van der Waals surface area contributed by atoms with Crippen molar-refractivity contribution in [3.63, 3.8) is 0 Å². The monoisotopic (exact) mass is 456 g/mol. The predicted octanol–water partition coefficient (Wildman–Crippen LogP) is -3.48. The molecule has 1 rings (SSSR count). The van der Waals surface area contributed by atoms with Gasteiger partial charge in [-0.3, -0.25) is 24.6 Å². The number of nitrogens with zero attached hydrogens (tertiary/aromatic N) is 1. The average molecular weight is 457 g/mol. The first kappa shape index (κ1) is 26.6. The van der Waals surface area contributed by atoms with Crippen molar-refractivity contribution in [2.75, 3.05) is 19.6 Å². The van der Waals surface area contributed by atoms with Crippen molar-refractivity contribution < 1.29 is 29.1 Å². The van der Waals surface area contributed by atoms with Crippen LogP contribution in [-0.4, -0.2) is 83.3 Å². The molecule has 0 aromatic heterocycles. The molecule has 14 nitrogen and oxygen atoms in total. The molecule has 32 heavy (non-hydrogen) atoms. The number of likely N-dealkylation sites (tertiary alicyclic amines) is 1. The summed E-state index contributed by atoms with van der Waals surface area (Å²) in [4.78, 5) is 61.4. The number of carbonyl (C=O) groups excluding carboxylic acids is 4. The molecule has 4 amide bonds. The molecule has 0 saturated carbocycles. The SMILES string of the molecule is N=C(N)NCCCC(NC(=O)C1CCCN1C(=O)C(CCC(N)=O)NC(=O)CN)C(=O)O. The zero-order valence-electron chi connectivity index (χ0n) is 17.8. The number of carboxylic acids is 1. The van der Waals surface area contributed by atoms with Crippen molar-refractivity contribution >= 4 is 35.6 Å². The summed E-state index contributed by atoms with van der Waals surface area (Å²) in [7, 11) is 0. The Bertz CT molecular complexity index is 730. The van der Waals surface area contributed by atoms with E-state index in [9.17, 15) is 29.1 Å². The van der Waals surface area contributed by atoms with Gasteiger partial charge in [0.2, 0.25) is 23.6 Å². The van der Waals surface area contributed by atoms with E-state index in [4.69, 9.17) is 22.6 Å². The lowest BCUT2D eigenvalue weighted by Crippen LogP contribution is -2.56. The summed E-state index contributed by atoms with van der Waals surface area (Å²) in [5.41, 5.74) is 15.6. The molecule has 3 atom stereocenters. The van der Waals surface area contributed by atoms with Crippen LogP contribution in [0, 0.1) is 5.41 Å². The van der Waals surface area contributed by atoms with Gasteiger partial charge in [-0.25, -0.2) is 4.79 Å². The summed E-state index contributed by atoms with van der Waals surface area (Å²) < 4.78 is 0. The molecule has 0 radical (unpaired) electrons. The summed E-state index contributed by atoms with van der Waals surface area (Å²) in [5, 5.41) is 23.9. The summed E-state index contributed by atoms with van der Waals surface area (Å²) in [6.45, 7) is 0.150. The van der Waals surface area contributed by atoms with E-state index in [-0.39, 0.29) is 44.9 Å². The second-order valence-electron chi connectivity index (χ2n) is 7.40. The molecule has 0 spiro atoms. The van der Waals surface area contributed by atoms with E-state index in [2.05, 4.69) is 16.0 Å². The molecule has 0 aliphatic carbocycles. The maximum atomic E-state index is 13.0. The molecule has 180 valence electrons. The van der Waals surface area contributed by atoms with Crippen LogP contribution in [0.4, 0.5) is 0 Å². The third-order valence-electron chi connectivity index (χ3n) is 4.94. The van der Waals surface area contributed by atoms with Crippen molar-refractivity contribution in [2.24, 2.45) is 17.2 Å². The average Bonchev–Trinajstić information content (AvgIpc) is 3.21. The van der Waals surface area contributed by atoms with E-state index >= 15 is 0 Å². The summed E-state index contributed by atoms with van der Waals surface area (Å²) >= 11 is 0. The van der Waals surface area contributed by atoms with Crippen LogP contribution in [0.1, 0.15) is 38.5 Å². The molecule has 3 unspecified atom stereocenters. The van der Waals surface area contributed by atoms with Crippen LogP contribution in [-0.2, 0) is 24.0 Å². The fraction of sp³-hybridized carbons (Fsp3) is 0.667. The molecule has 1 fully saturated rings. The van der Waals surface area contributed by atoms with Crippen LogP contribution in [0.25, 0.3) is 0 Å². The number of guanidine groups is 1. The van der Waals surface area contributed by atoms with Crippen LogP contribution in [0.5, 0.6) is 0 Å². The summed E-state index contributed by atoms with van der Waals surface area (Å²) in [6.07, 6.45) is 1.06. The molecule has 1 saturated heterocycles. The van der Waals surface area contributed by atoms with Gasteiger partial charge in [0.15, 0.2) is 5.96 Å². The highest BCUT2D eigenvalue weighted by Crippen LogP contribution is 2.20. The van der Waals surface area contributed by atoms with Crippen molar-refractivity contribution in [2.45, 2.75) is 56.7 Å². The number of hydrogen-bond donors (Lipinski definition) is 8. The van der Waals surface area contributed by atoms with Crippen molar-refractivity contribution in [1.82, 2.24) is 20.9 Å². The Morgan fingerprint density at radius 1 is 1.09 bits per heavy atom. The second-order valence-corrected chi connectivity index (χ2v) is 7.40. The van der Waals surface area contributed by atoms with Gasteiger partial charge in [-0.05, 0) is 32.1 Å². The van der Waals surface area contributed by atoms with E-state index in [1.54, 1.807) is 0 Å². The van der Waals surface area contributed by atoms with Gasteiger partial charge >= 0.3 is 5.97 Å². The minimum atomic E-state index is -1.23. The normalized spacial score (nSPS) is 17.2. The van der Waals surface area contributed by atoms with Gasteiger partial charge in [-0.15, -0.1) is 0 Å². The topological polar surface area (TPSA) is 247 Å². The number of rotatable bonds is 13. The van der Waals surface area contributed by atoms with E-state index in [0.717, 1.165) is 0 Å². The van der Waals surface area contributed by atoms with Crippen LogP contribution >= 0.6 is 0 Å². The molecule has 11 N–H and O–H groups in total. The van der Waals surface area contributed by atoms with Crippen LogP contribution in [0.3, 0.4) is 0 Å². The molecule has 1 aliphatic rings. The lowest BCUT2D eigenvalue weighted by Gasteiger charge is -2.29. The van der Waals surface area contributed by atoms with E-state index in [1.165, 1.54) is 4.90 Å². The van der Waals surface area contributed by atoms with Gasteiger partial charge in [0.25, 0.3) is 0 Å². The number of aliphatic carboxylic acids is 1. The van der Waals surface area contributed by atoms with Gasteiger partial charge in [0.05, 0.1) is 6.54 Å². The fourth-order valence-electron chi connectivity index (χ4n) is 3.36. The number of primary amides is 1. The Morgan fingerprint density at radius 2 is 1.78 bits per heavy atom. The lowest BCUT2D eigenvalue weighted by atomic mass is 10.1. The molecular formula is C18H32N8O6. The fourth-order valence-corrected chi connectivity index (χ4v) is 3.36. The number of carbonyl (C=O) groups is 5.